The molecule has 86 valence electrons. The highest BCUT2D eigenvalue weighted by Crippen LogP contribution is 2.32. The van der Waals surface area contributed by atoms with Gasteiger partial charge in [0.05, 0.1) is 35.7 Å². The summed E-state index contributed by atoms with van der Waals surface area (Å²) < 4.78 is 5.13. The molecular formula is C12H11N3OS. The van der Waals surface area contributed by atoms with Crippen LogP contribution in [0.3, 0.4) is 0 Å². The van der Waals surface area contributed by atoms with Gasteiger partial charge in [-0.25, -0.2) is 4.98 Å². The number of ether oxygens (including phenoxy) is 1. The smallest absolute Gasteiger partial charge is 0.110 e. The Hall–Kier alpha value is -1.64. The van der Waals surface area contributed by atoms with Gasteiger partial charge in [0.1, 0.15) is 5.41 Å². The molecule has 2 aromatic heterocycles. The summed E-state index contributed by atoms with van der Waals surface area (Å²) in [6.07, 6.45) is 2.57. The van der Waals surface area contributed by atoms with Crippen LogP contribution in [0.4, 0.5) is 0 Å². The first-order valence-corrected chi connectivity index (χ1v) is 6.26. The molecular weight excluding hydrogens is 234 g/mol. The molecule has 17 heavy (non-hydrogen) atoms. The van der Waals surface area contributed by atoms with Crippen molar-refractivity contribution >= 4 is 11.3 Å². The molecule has 2 aromatic rings. The first-order valence-electron chi connectivity index (χ1n) is 5.38. The van der Waals surface area contributed by atoms with Gasteiger partial charge in [0.15, 0.2) is 0 Å². The van der Waals surface area contributed by atoms with Crippen LogP contribution in [0.1, 0.15) is 5.01 Å². The maximum atomic E-state index is 9.13. The maximum absolute atomic E-state index is 9.13. The molecule has 0 radical (unpaired) electrons. The summed E-state index contributed by atoms with van der Waals surface area (Å²) in [5.41, 5.74) is 1.62. The second-order valence-corrected chi connectivity index (χ2v) is 5.21. The summed E-state index contributed by atoms with van der Waals surface area (Å²) >= 11 is 1.60. The maximum Gasteiger partial charge on any atom is 0.110 e. The van der Waals surface area contributed by atoms with Crippen LogP contribution >= 0.6 is 11.3 Å². The molecule has 1 aliphatic rings. The summed E-state index contributed by atoms with van der Waals surface area (Å²) in [6, 6.07) is 6.28. The van der Waals surface area contributed by atoms with Crippen molar-refractivity contribution < 1.29 is 4.74 Å². The van der Waals surface area contributed by atoms with Crippen LogP contribution in [-0.2, 0) is 11.2 Å². The van der Waals surface area contributed by atoms with E-state index < -0.39 is 0 Å². The van der Waals surface area contributed by atoms with Crippen molar-refractivity contribution in [1.29, 1.82) is 5.26 Å². The standard InChI is InChI=1S/C12H11N3OS/c13-6-12(7-16-8-12)4-11-15-10(5-17-11)9-2-1-3-14-9/h1-3,5,14H,4,7-8H2. The number of aromatic amines is 1. The molecule has 0 unspecified atom stereocenters. The third-order valence-electron chi connectivity index (χ3n) is 2.91. The van der Waals surface area contributed by atoms with Crippen molar-refractivity contribution in [2.75, 3.05) is 13.2 Å². The van der Waals surface area contributed by atoms with Gasteiger partial charge in [-0.15, -0.1) is 11.3 Å². The van der Waals surface area contributed by atoms with Gasteiger partial charge in [-0.2, -0.15) is 5.26 Å². The lowest BCUT2D eigenvalue weighted by Crippen LogP contribution is -2.43. The minimum atomic E-state index is -0.342. The zero-order valence-electron chi connectivity index (χ0n) is 9.14. The molecule has 3 heterocycles. The molecule has 1 aliphatic heterocycles. The third-order valence-corrected chi connectivity index (χ3v) is 3.76. The van der Waals surface area contributed by atoms with E-state index in [0.29, 0.717) is 19.6 Å². The van der Waals surface area contributed by atoms with Crippen molar-refractivity contribution in [3.63, 3.8) is 0 Å². The molecule has 0 bridgehead atoms. The minimum absolute atomic E-state index is 0.342. The Morgan fingerprint density at radius 2 is 2.47 bits per heavy atom. The number of hydrogen-bond acceptors (Lipinski definition) is 4. The number of nitrogens with one attached hydrogen (secondary N) is 1. The fraction of sp³-hybridized carbons (Fsp3) is 0.333. The van der Waals surface area contributed by atoms with Crippen molar-refractivity contribution in [2.45, 2.75) is 6.42 Å². The summed E-state index contributed by atoms with van der Waals surface area (Å²) in [7, 11) is 0. The van der Waals surface area contributed by atoms with Crippen molar-refractivity contribution in [2.24, 2.45) is 5.41 Å². The molecule has 1 fully saturated rings. The number of hydrogen-bond donors (Lipinski definition) is 1. The topological polar surface area (TPSA) is 61.7 Å². The first-order chi connectivity index (χ1) is 8.31. The lowest BCUT2D eigenvalue weighted by Gasteiger charge is -2.34. The highest BCUT2D eigenvalue weighted by Gasteiger charge is 2.39. The molecule has 0 spiro atoms. The van der Waals surface area contributed by atoms with Gasteiger partial charge in [0.25, 0.3) is 0 Å². The predicted molar refractivity (Wildman–Crippen MR) is 64.5 cm³/mol. The molecule has 3 rings (SSSR count). The molecule has 4 nitrogen and oxygen atoms in total. The van der Waals surface area contributed by atoms with Crippen LogP contribution in [0.25, 0.3) is 11.4 Å². The van der Waals surface area contributed by atoms with Crippen LogP contribution in [0.15, 0.2) is 23.7 Å². The van der Waals surface area contributed by atoms with E-state index in [1.165, 1.54) is 0 Å². The largest absolute Gasteiger partial charge is 0.378 e. The minimum Gasteiger partial charge on any atom is -0.378 e. The van der Waals surface area contributed by atoms with Crippen molar-refractivity contribution in [3.8, 4) is 17.5 Å². The Morgan fingerprint density at radius 1 is 1.59 bits per heavy atom. The molecule has 1 N–H and O–H groups in total. The molecule has 0 atom stereocenters. The summed E-state index contributed by atoms with van der Waals surface area (Å²) in [5, 5.41) is 12.1. The van der Waals surface area contributed by atoms with Crippen LogP contribution in [0.2, 0.25) is 0 Å². The zero-order chi connectivity index (χ0) is 11.7. The first kappa shape index (κ1) is 10.5. The van der Waals surface area contributed by atoms with Crippen LogP contribution < -0.4 is 0 Å². The highest BCUT2D eigenvalue weighted by atomic mass is 32.1. The lowest BCUT2D eigenvalue weighted by molar-refractivity contribution is -0.0765. The van der Waals surface area contributed by atoms with E-state index in [4.69, 9.17) is 10.00 Å². The Balaban J connectivity index is 1.80. The van der Waals surface area contributed by atoms with Gasteiger partial charge in [0, 0.05) is 18.0 Å². The van der Waals surface area contributed by atoms with E-state index in [0.717, 1.165) is 16.4 Å². The SMILES string of the molecule is N#CC1(Cc2nc(-c3ccc[nH]3)cs2)COC1. The highest BCUT2D eigenvalue weighted by molar-refractivity contribution is 7.09. The lowest BCUT2D eigenvalue weighted by atomic mass is 9.84. The van der Waals surface area contributed by atoms with Gasteiger partial charge in [-0.05, 0) is 12.1 Å². The van der Waals surface area contributed by atoms with Gasteiger partial charge >= 0.3 is 0 Å². The molecule has 5 heteroatoms. The number of rotatable bonds is 3. The van der Waals surface area contributed by atoms with Gasteiger partial charge < -0.3 is 9.72 Å². The van der Waals surface area contributed by atoms with Crippen molar-refractivity contribution in [1.82, 2.24) is 9.97 Å². The number of H-pyrrole nitrogens is 1. The zero-order valence-corrected chi connectivity index (χ0v) is 9.96. The average molecular weight is 245 g/mol. The van der Waals surface area contributed by atoms with E-state index in [-0.39, 0.29) is 5.41 Å². The second-order valence-electron chi connectivity index (χ2n) is 4.27. The molecule has 0 aliphatic carbocycles. The molecule has 0 saturated carbocycles. The van der Waals surface area contributed by atoms with Crippen LogP contribution in [0, 0.1) is 16.7 Å². The van der Waals surface area contributed by atoms with Gasteiger partial charge in [-0.3, -0.25) is 0 Å². The number of nitriles is 1. The predicted octanol–water partition coefficient (Wildman–Crippen LogP) is 2.22. The molecule has 0 aromatic carbocycles. The Labute approximate surface area is 103 Å². The Kier molecular flexibility index (Phi) is 2.46. The normalized spacial score (nSPS) is 17.4. The summed E-state index contributed by atoms with van der Waals surface area (Å²) in [6.45, 7) is 1.06. The summed E-state index contributed by atoms with van der Waals surface area (Å²) in [4.78, 5) is 7.67. The number of nitrogens with zero attached hydrogens (tertiary/aromatic N) is 2. The van der Waals surface area contributed by atoms with E-state index in [2.05, 4.69) is 16.0 Å². The van der Waals surface area contributed by atoms with Crippen LogP contribution in [-0.4, -0.2) is 23.2 Å². The monoisotopic (exact) mass is 245 g/mol. The van der Waals surface area contributed by atoms with Crippen LogP contribution in [0.5, 0.6) is 0 Å². The van der Waals surface area contributed by atoms with E-state index >= 15 is 0 Å². The molecule has 0 amide bonds. The fourth-order valence-corrected chi connectivity index (χ4v) is 2.79. The van der Waals surface area contributed by atoms with E-state index in [1.54, 1.807) is 11.3 Å². The molecule has 1 saturated heterocycles. The summed E-state index contributed by atoms with van der Waals surface area (Å²) in [5.74, 6) is 0. The number of thiazole rings is 1. The van der Waals surface area contributed by atoms with E-state index in [1.807, 2.05) is 23.7 Å². The van der Waals surface area contributed by atoms with Gasteiger partial charge in [-0.1, -0.05) is 0 Å². The van der Waals surface area contributed by atoms with E-state index in [9.17, 15) is 0 Å². The van der Waals surface area contributed by atoms with Gasteiger partial charge in [0.2, 0.25) is 0 Å². The Morgan fingerprint density at radius 3 is 3.06 bits per heavy atom. The average Bonchev–Trinajstić information content (AvgIpc) is 2.94. The second kappa shape index (κ2) is 3.99. The van der Waals surface area contributed by atoms with Crippen molar-refractivity contribution in [3.05, 3.63) is 28.7 Å². The number of aromatic nitrogens is 2. The Bertz CT molecular complexity index is 549. The fourth-order valence-electron chi connectivity index (χ4n) is 1.85. The quantitative estimate of drug-likeness (QED) is 0.901. The third kappa shape index (κ3) is 1.86.